The zero-order chi connectivity index (χ0) is 19.0. The first-order chi connectivity index (χ1) is 13.1. The topological polar surface area (TPSA) is 60.5 Å². The van der Waals surface area contributed by atoms with Crippen molar-refractivity contribution in [2.75, 3.05) is 19.0 Å². The Kier molecular flexibility index (Phi) is 4.70. The van der Waals surface area contributed by atoms with Crippen LogP contribution in [0.25, 0.3) is 10.9 Å². The molecule has 2 N–H and O–H groups in total. The Morgan fingerprint density at radius 1 is 1.26 bits per heavy atom. The zero-order valence-electron chi connectivity index (χ0n) is 15.2. The number of nitrogens with two attached hydrogens (primary N) is 1. The zero-order valence-corrected chi connectivity index (χ0v) is 15.9. The summed E-state index contributed by atoms with van der Waals surface area (Å²) in [6.07, 6.45) is 1.19. The second-order valence-electron chi connectivity index (χ2n) is 6.77. The highest BCUT2D eigenvalue weighted by Gasteiger charge is 2.37. The van der Waals surface area contributed by atoms with Gasteiger partial charge in [0, 0.05) is 17.0 Å². The number of nitrogen functional groups attached to an aromatic ring is 1. The second kappa shape index (κ2) is 7.16. The highest BCUT2D eigenvalue weighted by molar-refractivity contribution is 6.31. The highest BCUT2D eigenvalue weighted by atomic mass is 35.5. The van der Waals surface area contributed by atoms with E-state index in [0.29, 0.717) is 24.6 Å². The van der Waals surface area contributed by atoms with Crippen LogP contribution in [0.1, 0.15) is 36.2 Å². The van der Waals surface area contributed by atoms with Gasteiger partial charge in [0.05, 0.1) is 17.8 Å². The summed E-state index contributed by atoms with van der Waals surface area (Å²) in [5.74, 6) is 6.49. The van der Waals surface area contributed by atoms with Crippen LogP contribution in [0.4, 0.5) is 4.79 Å². The third-order valence-electron chi connectivity index (χ3n) is 5.06. The molecule has 1 atom stereocenters. The van der Waals surface area contributed by atoms with E-state index in [4.69, 9.17) is 22.2 Å². The van der Waals surface area contributed by atoms with Crippen molar-refractivity contribution in [1.29, 1.82) is 0 Å². The van der Waals surface area contributed by atoms with Gasteiger partial charge in [0.25, 0.3) is 0 Å². The second-order valence-corrected chi connectivity index (χ2v) is 7.20. The number of benzene rings is 2. The van der Waals surface area contributed by atoms with Crippen molar-refractivity contribution in [2.24, 2.45) is 0 Å². The normalized spacial score (nSPS) is 16.4. The molecular formula is C21H22ClN3O2. The molecule has 0 fully saturated rings. The molecule has 6 heteroatoms. The van der Waals surface area contributed by atoms with Gasteiger partial charge in [0.2, 0.25) is 0 Å². The third-order valence-corrected chi connectivity index (χ3v) is 5.30. The van der Waals surface area contributed by atoms with Crippen LogP contribution in [-0.2, 0) is 11.2 Å². The van der Waals surface area contributed by atoms with Gasteiger partial charge in [-0.2, -0.15) is 0 Å². The lowest BCUT2D eigenvalue weighted by molar-refractivity contribution is 0.0884. The minimum Gasteiger partial charge on any atom is -0.449 e. The maximum atomic E-state index is 12.8. The SMILES string of the molecule is CCCOC(=O)N1CCc2c(n(N)c3ccc(Cl)cc23)C1c1ccccc1. The smallest absolute Gasteiger partial charge is 0.410 e. The van der Waals surface area contributed by atoms with Crippen molar-refractivity contribution in [3.63, 3.8) is 0 Å². The average molecular weight is 384 g/mol. The summed E-state index contributed by atoms with van der Waals surface area (Å²) in [6, 6.07) is 15.4. The van der Waals surface area contributed by atoms with E-state index < -0.39 is 0 Å². The minimum absolute atomic E-state index is 0.296. The van der Waals surface area contributed by atoms with Gasteiger partial charge in [-0.1, -0.05) is 48.9 Å². The number of aromatic nitrogens is 1. The van der Waals surface area contributed by atoms with Gasteiger partial charge in [-0.25, -0.2) is 4.79 Å². The predicted octanol–water partition coefficient (Wildman–Crippen LogP) is 4.50. The summed E-state index contributed by atoms with van der Waals surface area (Å²) in [5.41, 5.74) is 3.98. The quantitative estimate of drug-likeness (QED) is 0.677. The lowest BCUT2D eigenvalue weighted by Crippen LogP contribution is -2.42. The number of nitrogens with zero attached hydrogens (tertiary/aromatic N) is 2. The molecule has 0 radical (unpaired) electrons. The van der Waals surface area contributed by atoms with Crippen molar-refractivity contribution in [3.05, 3.63) is 70.4 Å². The molecule has 0 aliphatic carbocycles. The van der Waals surface area contributed by atoms with E-state index >= 15 is 0 Å². The van der Waals surface area contributed by atoms with Crippen LogP contribution in [0, 0.1) is 0 Å². The van der Waals surface area contributed by atoms with E-state index in [-0.39, 0.29) is 12.1 Å². The number of carbonyl (C=O) groups is 1. The molecule has 0 bridgehead atoms. The number of halogens is 1. The lowest BCUT2D eigenvalue weighted by atomic mass is 9.92. The summed E-state index contributed by atoms with van der Waals surface area (Å²) in [6.45, 7) is 2.96. The van der Waals surface area contributed by atoms with E-state index in [9.17, 15) is 4.79 Å². The molecule has 1 aromatic heterocycles. The van der Waals surface area contributed by atoms with Crippen LogP contribution in [-0.4, -0.2) is 28.8 Å². The predicted molar refractivity (Wildman–Crippen MR) is 107 cm³/mol. The Morgan fingerprint density at radius 2 is 2.04 bits per heavy atom. The third kappa shape index (κ3) is 3.02. The number of hydrogen-bond donors (Lipinski definition) is 1. The Hall–Kier alpha value is -2.66. The van der Waals surface area contributed by atoms with Gasteiger partial charge in [-0.3, -0.25) is 9.58 Å². The average Bonchev–Trinajstić information content (AvgIpc) is 2.98. The van der Waals surface area contributed by atoms with Crippen LogP contribution in [0.3, 0.4) is 0 Å². The fourth-order valence-corrected chi connectivity index (χ4v) is 4.06. The molecule has 1 aliphatic rings. The van der Waals surface area contributed by atoms with Gasteiger partial charge in [0.1, 0.15) is 6.04 Å². The van der Waals surface area contributed by atoms with Crippen LogP contribution >= 0.6 is 11.6 Å². The number of rotatable bonds is 3. The molecule has 2 heterocycles. The van der Waals surface area contributed by atoms with Gasteiger partial charge >= 0.3 is 6.09 Å². The molecule has 1 aliphatic heterocycles. The van der Waals surface area contributed by atoms with Gasteiger partial charge in [0.15, 0.2) is 0 Å². The van der Waals surface area contributed by atoms with Crippen molar-refractivity contribution < 1.29 is 9.53 Å². The molecule has 27 heavy (non-hydrogen) atoms. The number of amides is 1. The molecule has 0 saturated heterocycles. The Balaban J connectivity index is 1.89. The molecule has 0 saturated carbocycles. The molecule has 4 rings (SSSR count). The van der Waals surface area contributed by atoms with Crippen LogP contribution in [0.2, 0.25) is 5.02 Å². The maximum Gasteiger partial charge on any atom is 0.410 e. The molecule has 1 unspecified atom stereocenters. The first kappa shape index (κ1) is 17.7. The monoisotopic (exact) mass is 383 g/mol. The van der Waals surface area contributed by atoms with E-state index in [0.717, 1.165) is 34.1 Å². The first-order valence-corrected chi connectivity index (χ1v) is 9.55. The Labute approximate surface area is 163 Å². The van der Waals surface area contributed by atoms with E-state index in [1.807, 2.05) is 55.5 Å². The van der Waals surface area contributed by atoms with E-state index in [1.54, 1.807) is 9.58 Å². The van der Waals surface area contributed by atoms with Gasteiger partial charge < -0.3 is 10.6 Å². The van der Waals surface area contributed by atoms with Crippen LogP contribution in [0.15, 0.2) is 48.5 Å². The molecule has 3 aromatic rings. The largest absolute Gasteiger partial charge is 0.449 e. The number of carbonyl (C=O) groups excluding carboxylic acids is 1. The first-order valence-electron chi connectivity index (χ1n) is 9.18. The van der Waals surface area contributed by atoms with Crippen molar-refractivity contribution in [3.8, 4) is 0 Å². The van der Waals surface area contributed by atoms with Crippen molar-refractivity contribution >= 4 is 28.6 Å². The number of ether oxygens (including phenoxy) is 1. The molecule has 2 aromatic carbocycles. The fourth-order valence-electron chi connectivity index (χ4n) is 3.88. The van der Waals surface area contributed by atoms with Gasteiger partial charge in [-0.15, -0.1) is 0 Å². The van der Waals surface area contributed by atoms with Crippen molar-refractivity contribution in [2.45, 2.75) is 25.8 Å². The van der Waals surface area contributed by atoms with E-state index in [2.05, 4.69) is 0 Å². The summed E-state index contributed by atoms with van der Waals surface area (Å²) < 4.78 is 7.14. The minimum atomic E-state index is -0.306. The summed E-state index contributed by atoms with van der Waals surface area (Å²) in [7, 11) is 0. The molecule has 140 valence electrons. The maximum absolute atomic E-state index is 12.8. The van der Waals surface area contributed by atoms with Gasteiger partial charge in [-0.05, 0) is 42.2 Å². The summed E-state index contributed by atoms with van der Waals surface area (Å²) >= 11 is 6.23. The van der Waals surface area contributed by atoms with Crippen LogP contribution in [0.5, 0.6) is 0 Å². The standard InChI is InChI=1S/C21H22ClN3O2/c1-2-12-27-21(26)24-11-10-16-17-13-15(22)8-9-18(17)25(23)20(16)19(24)14-6-4-3-5-7-14/h3-9,13,19H,2,10-12,23H2,1H3. The Bertz CT molecular complexity index is 984. The van der Waals surface area contributed by atoms with Crippen LogP contribution < -0.4 is 5.84 Å². The molecule has 1 amide bonds. The summed E-state index contributed by atoms with van der Waals surface area (Å²) in [4.78, 5) is 14.5. The van der Waals surface area contributed by atoms with Crippen molar-refractivity contribution in [1.82, 2.24) is 9.58 Å². The number of fused-ring (bicyclic) bond motifs is 3. The van der Waals surface area contributed by atoms with E-state index in [1.165, 1.54) is 0 Å². The Morgan fingerprint density at radius 3 is 2.78 bits per heavy atom. The molecule has 0 spiro atoms. The highest BCUT2D eigenvalue weighted by Crippen LogP contribution is 2.40. The molecular weight excluding hydrogens is 362 g/mol. The lowest BCUT2D eigenvalue weighted by Gasteiger charge is -2.36. The molecule has 5 nitrogen and oxygen atoms in total. The number of hydrogen-bond acceptors (Lipinski definition) is 3. The summed E-state index contributed by atoms with van der Waals surface area (Å²) in [5, 5.41) is 1.72. The fraction of sp³-hybridized carbons (Fsp3) is 0.286.